The van der Waals surface area contributed by atoms with Gasteiger partial charge >= 0.3 is 5.97 Å². The number of thiazole rings is 1. The van der Waals surface area contributed by atoms with Crippen LogP contribution in [0.3, 0.4) is 0 Å². The van der Waals surface area contributed by atoms with Gasteiger partial charge in [-0.1, -0.05) is 0 Å². The molecule has 2 aromatic heterocycles. The molecule has 0 aliphatic heterocycles. The number of pyridine rings is 1. The Kier molecular flexibility index (Phi) is 4.36. The molecule has 8 heteroatoms. The van der Waals surface area contributed by atoms with Crippen LogP contribution in [0.5, 0.6) is 0 Å². The highest BCUT2D eigenvalue weighted by Crippen LogP contribution is 2.17. The van der Waals surface area contributed by atoms with Crippen LogP contribution < -0.4 is 5.32 Å². The molecule has 20 heavy (non-hydrogen) atoms. The van der Waals surface area contributed by atoms with E-state index in [0.29, 0.717) is 5.69 Å². The highest BCUT2D eigenvalue weighted by molar-refractivity contribution is 7.14. The molecule has 2 aromatic rings. The topological polar surface area (TPSA) is 81.2 Å². The van der Waals surface area contributed by atoms with Gasteiger partial charge in [0, 0.05) is 11.6 Å². The minimum Gasteiger partial charge on any atom is -0.469 e. The van der Waals surface area contributed by atoms with Gasteiger partial charge in [0.25, 0.3) is 5.91 Å². The number of hydrogen-bond donors (Lipinski definition) is 1. The maximum Gasteiger partial charge on any atom is 0.311 e. The summed E-state index contributed by atoms with van der Waals surface area (Å²) in [7, 11) is 1.28. The molecule has 0 radical (unpaired) electrons. The van der Waals surface area contributed by atoms with Crippen molar-refractivity contribution in [1.82, 2.24) is 9.97 Å². The number of nitrogens with one attached hydrogen (secondary N) is 1. The Bertz CT molecular complexity index is 644. The highest BCUT2D eigenvalue weighted by atomic mass is 32.1. The summed E-state index contributed by atoms with van der Waals surface area (Å²) in [4.78, 5) is 30.5. The molecule has 1 N–H and O–H groups in total. The number of hydrogen-bond acceptors (Lipinski definition) is 6. The number of esters is 1. The predicted octanol–water partition coefficient (Wildman–Crippen LogP) is 1.64. The van der Waals surface area contributed by atoms with E-state index >= 15 is 0 Å². The van der Waals surface area contributed by atoms with Crippen molar-refractivity contribution < 1.29 is 18.7 Å². The van der Waals surface area contributed by atoms with Crippen LogP contribution in [-0.4, -0.2) is 29.0 Å². The van der Waals surface area contributed by atoms with Crippen molar-refractivity contribution in [3.05, 3.63) is 40.9 Å². The zero-order chi connectivity index (χ0) is 14.5. The number of methoxy groups -OCH3 is 1. The van der Waals surface area contributed by atoms with E-state index in [4.69, 9.17) is 0 Å². The first-order valence-electron chi connectivity index (χ1n) is 5.52. The lowest BCUT2D eigenvalue weighted by Gasteiger charge is -2.02. The molecule has 0 unspecified atom stereocenters. The number of carbonyl (C=O) groups is 2. The van der Waals surface area contributed by atoms with Gasteiger partial charge in [-0.15, -0.1) is 11.3 Å². The minimum atomic E-state index is -0.712. The number of anilines is 1. The molecule has 2 rings (SSSR count). The normalized spacial score (nSPS) is 10.1. The summed E-state index contributed by atoms with van der Waals surface area (Å²) in [5.74, 6) is -1.76. The van der Waals surface area contributed by atoms with Crippen molar-refractivity contribution in [1.29, 1.82) is 0 Å². The minimum absolute atomic E-state index is 0.0203. The molecule has 0 saturated carbocycles. The van der Waals surface area contributed by atoms with Gasteiger partial charge in [-0.25, -0.2) is 9.37 Å². The van der Waals surface area contributed by atoms with Gasteiger partial charge in [-0.2, -0.15) is 0 Å². The summed E-state index contributed by atoms with van der Waals surface area (Å²) >= 11 is 1.14. The van der Waals surface area contributed by atoms with Crippen LogP contribution >= 0.6 is 11.3 Å². The van der Waals surface area contributed by atoms with E-state index in [-0.39, 0.29) is 17.1 Å². The summed E-state index contributed by atoms with van der Waals surface area (Å²) in [6.07, 6.45) is 2.30. The number of halogens is 1. The summed E-state index contributed by atoms with van der Waals surface area (Å²) in [6, 6.07) is 1.27. The van der Waals surface area contributed by atoms with E-state index in [0.717, 1.165) is 17.5 Å². The smallest absolute Gasteiger partial charge is 0.311 e. The maximum atomic E-state index is 13.4. The van der Waals surface area contributed by atoms with Crippen molar-refractivity contribution in [2.45, 2.75) is 6.42 Å². The van der Waals surface area contributed by atoms with Gasteiger partial charge in [0.15, 0.2) is 10.9 Å². The maximum absolute atomic E-state index is 13.4. The molecule has 0 fully saturated rings. The van der Waals surface area contributed by atoms with Crippen LogP contribution in [0.1, 0.15) is 16.1 Å². The Morgan fingerprint density at radius 1 is 1.50 bits per heavy atom. The molecule has 6 nitrogen and oxygen atoms in total. The molecule has 104 valence electrons. The SMILES string of the molecule is COC(=O)Cc1csc(NC(=O)c2ccncc2F)n1. The second-order valence-electron chi connectivity index (χ2n) is 3.71. The third-order valence-corrected chi connectivity index (χ3v) is 3.15. The fraction of sp³-hybridized carbons (Fsp3) is 0.167. The summed E-state index contributed by atoms with van der Waals surface area (Å²) in [5.41, 5.74) is 0.358. The van der Waals surface area contributed by atoms with E-state index in [1.165, 1.54) is 19.4 Å². The Hall–Kier alpha value is -2.35. The van der Waals surface area contributed by atoms with Gasteiger partial charge < -0.3 is 4.74 Å². The van der Waals surface area contributed by atoms with Gasteiger partial charge in [-0.05, 0) is 6.07 Å². The largest absolute Gasteiger partial charge is 0.469 e. The average Bonchev–Trinajstić information content (AvgIpc) is 2.86. The lowest BCUT2D eigenvalue weighted by Crippen LogP contribution is -2.14. The first-order valence-corrected chi connectivity index (χ1v) is 6.40. The number of rotatable bonds is 4. The first-order chi connectivity index (χ1) is 9.60. The molecule has 1 amide bonds. The van der Waals surface area contributed by atoms with Crippen LogP contribution in [0.15, 0.2) is 23.8 Å². The summed E-state index contributed by atoms with van der Waals surface area (Å²) in [6.45, 7) is 0. The quantitative estimate of drug-likeness (QED) is 0.867. The molecule has 0 atom stereocenters. The van der Waals surface area contributed by atoms with Gasteiger partial charge in [-0.3, -0.25) is 19.9 Å². The Morgan fingerprint density at radius 3 is 3.00 bits per heavy atom. The molecular formula is C12H10FN3O3S. The molecule has 0 aliphatic carbocycles. The number of amides is 1. The Labute approximate surface area is 117 Å². The Morgan fingerprint density at radius 2 is 2.30 bits per heavy atom. The molecular weight excluding hydrogens is 285 g/mol. The number of aromatic nitrogens is 2. The van der Waals surface area contributed by atoms with E-state index in [2.05, 4.69) is 20.0 Å². The van der Waals surface area contributed by atoms with E-state index in [9.17, 15) is 14.0 Å². The third kappa shape index (κ3) is 3.35. The lowest BCUT2D eigenvalue weighted by molar-refractivity contribution is -0.139. The lowest BCUT2D eigenvalue weighted by atomic mass is 10.2. The number of ether oxygens (including phenoxy) is 1. The van der Waals surface area contributed by atoms with Gasteiger partial charge in [0.2, 0.25) is 0 Å². The molecule has 2 heterocycles. The second kappa shape index (κ2) is 6.20. The van der Waals surface area contributed by atoms with Crippen LogP contribution in [0.4, 0.5) is 9.52 Å². The molecule has 0 bridgehead atoms. The van der Waals surface area contributed by atoms with Gasteiger partial charge in [0.05, 0.1) is 31.0 Å². The van der Waals surface area contributed by atoms with Crippen molar-refractivity contribution >= 4 is 28.3 Å². The molecule has 0 aromatic carbocycles. The first kappa shape index (κ1) is 14.1. The van der Waals surface area contributed by atoms with Crippen LogP contribution in [0.2, 0.25) is 0 Å². The predicted molar refractivity (Wildman–Crippen MR) is 70.0 cm³/mol. The third-order valence-electron chi connectivity index (χ3n) is 2.34. The van der Waals surface area contributed by atoms with E-state index < -0.39 is 17.7 Å². The standard InChI is InChI=1S/C12H10FN3O3S/c1-19-10(17)4-7-6-20-12(15-7)16-11(18)8-2-3-14-5-9(8)13/h2-3,5-6H,4H2,1H3,(H,15,16,18). The average molecular weight is 295 g/mol. The Balaban J connectivity index is 2.05. The zero-order valence-corrected chi connectivity index (χ0v) is 11.2. The highest BCUT2D eigenvalue weighted by Gasteiger charge is 2.14. The van der Waals surface area contributed by atoms with Crippen LogP contribution in [-0.2, 0) is 16.0 Å². The van der Waals surface area contributed by atoms with Crippen molar-refractivity contribution in [3.8, 4) is 0 Å². The van der Waals surface area contributed by atoms with Crippen molar-refractivity contribution in [3.63, 3.8) is 0 Å². The second-order valence-corrected chi connectivity index (χ2v) is 4.56. The van der Waals surface area contributed by atoms with Crippen molar-refractivity contribution in [2.24, 2.45) is 0 Å². The van der Waals surface area contributed by atoms with Crippen molar-refractivity contribution in [2.75, 3.05) is 12.4 Å². The number of nitrogens with zero attached hydrogens (tertiary/aromatic N) is 2. The van der Waals surface area contributed by atoms with Crippen LogP contribution in [0, 0.1) is 5.82 Å². The molecule has 0 spiro atoms. The summed E-state index contributed by atoms with van der Waals surface area (Å²) in [5, 5.41) is 4.36. The molecule has 0 aliphatic rings. The fourth-order valence-electron chi connectivity index (χ4n) is 1.39. The number of carbonyl (C=O) groups excluding carboxylic acids is 2. The monoisotopic (exact) mass is 295 g/mol. The van der Waals surface area contributed by atoms with E-state index in [1.54, 1.807) is 5.38 Å². The van der Waals surface area contributed by atoms with E-state index in [1.807, 2.05) is 0 Å². The molecule has 0 saturated heterocycles. The zero-order valence-electron chi connectivity index (χ0n) is 10.4. The van der Waals surface area contributed by atoms with Crippen LogP contribution in [0.25, 0.3) is 0 Å². The fourth-order valence-corrected chi connectivity index (χ4v) is 2.09. The van der Waals surface area contributed by atoms with Gasteiger partial charge in [0.1, 0.15) is 0 Å². The summed E-state index contributed by atoms with van der Waals surface area (Å²) < 4.78 is 17.9.